The lowest BCUT2D eigenvalue weighted by Crippen LogP contribution is -2.38. The Balaban J connectivity index is 1.72. The van der Waals surface area contributed by atoms with E-state index in [1.54, 1.807) is 32.0 Å². The van der Waals surface area contributed by atoms with E-state index >= 15 is 0 Å². The van der Waals surface area contributed by atoms with E-state index in [0.29, 0.717) is 42.1 Å². The second kappa shape index (κ2) is 9.92. The predicted molar refractivity (Wildman–Crippen MR) is 153 cm³/mol. The van der Waals surface area contributed by atoms with E-state index in [-0.39, 0.29) is 23.7 Å². The molecule has 0 radical (unpaired) electrons. The molecule has 0 aromatic heterocycles. The maximum Gasteiger partial charge on any atom is 0.341 e. The Kier molecular flexibility index (Phi) is 6.75. The molecule has 39 heavy (non-hydrogen) atoms. The van der Waals surface area contributed by atoms with Gasteiger partial charge in [0.2, 0.25) is 0 Å². The van der Waals surface area contributed by atoms with Crippen LogP contribution in [0.3, 0.4) is 0 Å². The first-order chi connectivity index (χ1) is 18.5. The van der Waals surface area contributed by atoms with Crippen LogP contribution in [0.4, 0.5) is 0 Å². The summed E-state index contributed by atoms with van der Waals surface area (Å²) >= 11 is 0. The summed E-state index contributed by atoms with van der Waals surface area (Å²) in [5.41, 5.74) is 0.323. The Bertz CT molecular complexity index is 1590. The number of ketones is 1. The quantitative estimate of drug-likeness (QED) is 0.281. The predicted octanol–water partition coefficient (Wildman–Crippen LogP) is 7.33. The average molecular weight is 527 g/mol. The zero-order valence-electron chi connectivity index (χ0n) is 23.1. The number of ether oxygens (including phenoxy) is 3. The van der Waals surface area contributed by atoms with Gasteiger partial charge in [0.15, 0.2) is 0 Å². The van der Waals surface area contributed by atoms with Gasteiger partial charge in [0.1, 0.15) is 35.2 Å². The molecular formula is C33H34O6. The molecule has 0 saturated heterocycles. The SMILES string of the molecule is CC(C)(C)C(=O)C(C)(C)COC(=O)c1cc2cc(O)ccc2c2c1OCCCOc1ccc3ccccc3c1-2. The molecule has 5 rings (SSSR count). The van der Waals surface area contributed by atoms with Crippen LogP contribution in [0, 0.1) is 10.8 Å². The van der Waals surface area contributed by atoms with Gasteiger partial charge in [-0.3, -0.25) is 4.79 Å². The topological polar surface area (TPSA) is 82.1 Å². The molecule has 1 heterocycles. The van der Waals surface area contributed by atoms with Gasteiger partial charge in [-0.2, -0.15) is 0 Å². The lowest BCUT2D eigenvalue weighted by molar-refractivity contribution is -0.137. The summed E-state index contributed by atoms with van der Waals surface area (Å²) in [6, 6.07) is 18.7. The average Bonchev–Trinajstić information content (AvgIpc) is 2.99. The Morgan fingerprint density at radius 3 is 2.33 bits per heavy atom. The minimum absolute atomic E-state index is 0.00633. The van der Waals surface area contributed by atoms with Crippen molar-refractivity contribution in [3.8, 4) is 28.4 Å². The van der Waals surface area contributed by atoms with Gasteiger partial charge in [0, 0.05) is 23.0 Å². The molecule has 6 nitrogen and oxygen atoms in total. The summed E-state index contributed by atoms with van der Waals surface area (Å²) < 4.78 is 18.3. The van der Waals surface area contributed by atoms with E-state index in [4.69, 9.17) is 14.2 Å². The van der Waals surface area contributed by atoms with Gasteiger partial charge in [-0.05, 0) is 65.7 Å². The van der Waals surface area contributed by atoms with Gasteiger partial charge in [-0.25, -0.2) is 4.79 Å². The number of phenolic OH excluding ortho intramolecular Hbond substituents is 1. The van der Waals surface area contributed by atoms with Crippen molar-refractivity contribution in [2.24, 2.45) is 10.8 Å². The number of hydrogen-bond donors (Lipinski definition) is 1. The van der Waals surface area contributed by atoms with Gasteiger partial charge in [0.25, 0.3) is 0 Å². The molecule has 0 aliphatic carbocycles. The number of benzene rings is 4. The second-order valence-corrected chi connectivity index (χ2v) is 11.8. The van der Waals surface area contributed by atoms with Crippen molar-refractivity contribution in [2.45, 2.75) is 41.0 Å². The zero-order valence-corrected chi connectivity index (χ0v) is 23.1. The first kappa shape index (κ1) is 26.5. The van der Waals surface area contributed by atoms with E-state index in [1.165, 1.54) is 0 Å². The van der Waals surface area contributed by atoms with Crippen molar-refractivity contribution in [1.82, 2.24) is 0 Å². The number of esters is 1. The minimum atomic E-state index is -0.869. The van der Waals surface area contributed by atoms with Crippen molar-refractivity contribution >= 4 is 33.3 Å². The van der Waals surface area contributed by atoms with Crippen LogP contribution in [0.5, 0.6) is 17.2 Å². The number of fused-ring (bicyclic) bond motifs is 7. The molecule has 0 fully saturated rings. The van der Waals surface area contributed by atoms with Crippen LogP contribution in [0.25, 0.3) is 32.7 Å². The fraction of sp³-hybridized carbons (Fsp3) is 0.333. The van der Waals surface area contributed by atoms with Crippen LogP contribution in [0.15, 0.2) is 60.7 Å². The number of aromatic hydroxyl groups is 1. The van der Waals surface area contributed by atoms with E-state index in [1.807, 2.05) is 63.2 Å². The third-order valence-corrected chi connectivity index (χ3v) is 7.09. The molecule has 4 aromatic carbocycles. The molecule has 1 aliphatic rings. The number of carbonyl (C=O) groups is 2. The van der Waals surface area contributed by atoms with Crippen molar-refractivity contribution in [1.29, 1.82) is 0 Å². The molecule has 0 atom stereocenters. The van der Waals surface area contributed by atoms with Gasteiger partial charge in [-0.15, -0.1) is 0 Å². The number of Topliss-reactive ketones (excluding diaryl/α,β-unsaturated/α-hetero) is 1. The van der Waals surface area contributed by atoms with Crippen LogP contribution in [-0.4, -0.2) is 36.7 Å². The fourth-order valence-electron chi connectivity index (χ4n) is 5.37. The van der Waals surface area contributed by atoms with Crippen molar-refractivity contribution in [2.75, 3.05) is 19.8 Å². The zero-order chi connectivity index (χ0) is 27.9. The molecule has 0 unspecified atom stereocenters. The number of phenols is 1. The maximum absolute atomic E-state index is 13.7. The fourth-order valence-corrected chi connectivity index (χ4v) is 5.37. The Morgan fingerprint density at radius 1 is 0.846 bits per heavy atom. The van der Waals surface area contributed by atoms with Crippen LogP contribution >= 0.6 is 0 Å². The van der Waals surface area contributed by atoms with Crippen LogP contribution in [0.2, 0.25) is 0 Å². The number of rotatable bonds is 4. The standard InChI is InChI=1S/C33H34O6/c1-32(2,3)31(36)33(4,5)19-39-30(35)25-18-21-17-22(34)12-13-24(21)28-27-23-10-7-6-9-20(23)11-14-26(27)37-15-8-16-38-29(25)28/h6-7,9-14,17-18,34H,8,15-16,19H2,1-5H3. The summed E-state index contributed by atoms with van der Waals surface area (Å²) in [7, 11) is 0. The summed E-state index contributed by atoms with van der Waals surface area (Å²) in [5.74, 6) is 0.593. The molecule has 1 N–H and O–H groups in total. The van der Waals surface area contributed by atoms with Gasteiger partial charge >= 0.3 is 5.97 Å². The lowest BCUT2D eigenvalue weighted by atomic mass is 9.75. The summed E-state index contributed by atoms with van der Waals surface area (Å²) in [5, 5.41) is 13.8. The Hall–Kier alpha value is -4.06. The van der Waals surface area contributed by atoms with E-state index in [9.17, 15) is 14.7 Å². The largest absolute Gasteiger partial charge is 0.508 e. The second-order valence-electron chi connectivity index (χ2n) is 11.8. The van der Waals surface area contributed by atoms with Gasteiger partial charge in [-0.1, -0.05) is 51.1 Å². The smallest absolute Gasteiger partial charge is 0.341 e. The summed E-state index contributed by atoms with van der Waals surface area (Å²) in [6.45, 7) is 9.89. The van der Waals surface area contributed by atoms with E-state index in [2.05, 4.69) is 0 Å². The highest BCUT2D eigenvalue weighted by Gasteiger charge is 2.37. The molecule has 0 spiro atoms. The molecular weight excluding hydrogens is 492 g/mol. The van der Waals surface area contributed by atoms with Crippen molar-refractivity contribution in [3.63, 3.8) is 0 Å². The first-order valence-corrected chi connectivity index (χ1v) is 13.3. The third-order valence-electron chi connectivity index (χ3n) is 7.09. The number of carbonyl (C=O) groups excluding carboxylic acids is 2. The van der Waals surface area contributed by atoms with E-state index < -0.39 is 16.8 Å². The highest BCUT2D eigenvalue weighted by Crippen LogP contribution is 2.48. The molecule has 6 heteroatoms. The number of hydrogen-bond acceptors (Lipinski definition) is 6. The van der Waals surface area contributed by atoms with Gasteiger partial charge < -0.3 is 19.3 Å². The van der Waals surface area contributed by atoms with E-state index in [0.717, 1.165) is 21.7 Å². The normalized spacial score (nSPS) is 13.8. The van der Waals surface area contributed by atoms with Crippen molar-refractivity contribution in [3.05, 3.63) is 66.2 Å². The summed E-state index contributed by atoms with van der Waals surface area (Å²) in [6.07, 6.45) is 0.626. The van der Waals surface area contributed by atoms with Crippen LogP contribution < -0.4 is 9.47 Å². The molecule has 4 aromatic rings. The van der Waals surface area contributed by atoms with Crippen LogP contribution in [0.1, 0.15) is 51.4 Å². The molecule has 0 bridgehead atoms. The monoisotopic (exact) mass is 526 g/mol. The lowest BCUT2D eigenvalue weighted by Gasteiger charge is -2.30. The third kappa shape index (κ3) is 5.03. The highest BCUT2D eigenvalue weighted by atomic mass is 16.5. The Labute approximate surface area is 228 Å². The molecule has 1 aliphatic heterocycles. The highest BCUT2D eigenvalue weighted by molar-refractivity contribution is 6.13. The van der Waals surface area contributed by atoms with Gasteiger partial charge in [0.05, 0.1) is 18.6 Å². The molecule has 0 saturated carbocycles. The summed E-state index contributed by atoms with van der Waals surface area (Å²) in [4.78, 5) is 26.7. The molecule has 202 valence electrons. The maximum atomic E-state index is 13.7. The van der Waals surface area contributed by atoms with Crippen LogP contribution in [-0.2, 0) is 9.53 Å². The minimum Gasteiger partial charge on any atom is -0.508 e. The van der Waals surface area contributed by atoms with Crippen molar-refractivity contribution < 1.29 is 28.9 Å². The Morgan fingerprint density at radius 2 is 1.56 bits per heavy atom. The molecule has 0 amide bonds. The first-order valence-electron chi connectivity index (χ1n) is 13.3.